The number of nitrogens with one attached hydrogen (secondary N) is 1. The molecule has 1 unspecified atom stereocenters. The number of ether oxygens (including phenoxy) is 1. The maximum absolute atomic E-state index is 14.9. The van der Waals surface area contributed by atoms with E-state index in [0.29, 0.717) is 68.7 Å². The third kappa shape index (κ3) is 9.58. The van der Waals surface area contributed by atoms with Crippen LogP contribution in [-0.4, -0.2) is 93.8 Å². The van der Waals surface area contributed by atoms with E-state index in [0.717, 1.165) is 22.7 Å². The van der Waals surface area contributed by atoms with Crippen molar-refractivity contribution in [2.45, 2.75) is 84.0 Å². The number of nitrogens with zero attached hydrogens (tertiary/aromatic N) is 6. The number of benzene rings is 2. The van der Waals surface area contributed by atoms with E-state index >= 15 is 0 Å². The highest BCUT2D eigenvalue weighted by molar-refractivity contribution is 7.81. The molecule has 3 aliphatic heterocycles. The van der Waals surface area contributed by atoms with E-state index in [9.17, 15) is 46.4 Å². The van der Waals surface area contributed by atoms with Crippen molar-refractivity contribution < 1.29 is 45.9 Å². The van der Waals surface area contributed by atoms with Crippen LogP contribution in [0.3, 0.4) is 0 Å². The maximum Gasteiger partial charge on any atom is 0.419 e. The Labute approximate surface area is 355 Å². The molecule has 3 aliphatic rings. The number of hydrogen-bond acceptors (Lipinski definition) is 10. The summed E-state index contributed by atoms with van der Waals surface area (Å²) in [6, 6.07) is 9.91. The number of thiocarbonyl (C=S) groups is 1. The Morgan fingerprint density at radius 3 is 2.44 bits per heavy atom. The molecule has 1 aromatic heterocycles. The zero-order valence-electron chi connectivity index (χ0n) is 34.4. The van der Waals surface area contributed by atoms with E-state index in [4.69, 9.17) is 17.0 Å². The Morgan fingerprint density at radius 1 is 1.05 bits per heavy atom. The van der Waals surface area contributed by atoms with Crippen molar-refractivity contribution in [3.8, 4) is 11.8 Å². The van der Waals surface area contributed by atoms with Crippen LogP contribution in [0.1, 0.15) is 75.4 Å². The first-order chi connectivity index (χ1) is 28.6. The Kier molecular flexibility index (Phi) is 13.0. The molecular formula is C43H46F5N7O5S. The fourth-order valence-electron chi connectivity index (χ4n) is 8.17. The molecule has 0 saturated carbocycles. The van der Waals surface area contributed by atoms with Gasteiger partial charge >= 0.3 is 6.18 Å². The molecule has 2 aromatic carbocycles. The number of hydrogen-bond donors (Lipinski definition) is 1. The Balaban J connectivity index is 1.05. The minimum atomic E-state index is -4.88. The maximum atomic E-state index is 14.9. The molecule has 12 nitrogen and oxygen atoms in total. The van der Waals surface area contributed by atoms with E-state index in [1.165, 1.54) is 12.1 Å². The number of carbonyl (C=O) groups is 4. The van der Waals surface area contributed by atoms with Crippen LogP contribution >= 0.6 is 12.2 Å². The number of nitriles is 1. The molecule has 6 rings (SSSR count). The van der Waals surface area contributed by atoms with E-state index in [1.54, 1.807) is 30.9 Å². The van der Waals surface area contributed by atoms with Gasteiger partial charge in [0.25, 0.3) is 5.91 Å². The zero-order chi connectivity index (χ0) is 44.6. The molecule has 324 valence electrons. The van der Waals surface area contributed by atoms with Crippen molar-refractivity contribution in [1.82, 2.24) is 20.1 Å². The average molecular weight is 868 g/mol. The molecule has 0 spiro atoms. The number of imide groups is 1. The van der Waals surface area contributed by atoms with E-state index in [1.807, 2.05) is 31.7 Å². The number of amides is 3. The summed E-state index contributed by atoms with van der Waals surface area (Å²) < 4.78 is 77.0. The van der Waals surface area contributed by atoms with Gasteiger partial charge in [0.05, 0.1) is 24.0 Å². The number of aromatic nitrogens is 1. The molecule has 4 heterocycles. The highest BCUT2D eigenvalue weighted by atomic mass is 32.1. The van der Waals surface area contributed by atoms with Crippen LogP contribution in [0, 0.1) is 28.9 Å². The van der Waals surface area contributed by atoms with Crippen LogP contribution in [0.4, 0.5) is 33.3 Å². The van der Waals surface area contributed by atoms with Gasteiger partial charge in [-0.3, -0.25) is 39.2 Å². The normalized spacial score (nSPS) is 19.6. The molecule has 0 aliphatic carbocycles. The summed E-state index contributed by atoms with van der Waals surface area (Å²) in [5.41, 5.74) is -2.38. The first-order valence-electron chi connectivity index (χ1n) is 19.9. The Bertz CT molecular complexity index is 2310. The largest absolute Gasteiger partial charge is 0.492 e. The van der Waals surface area contributed by atoms with Crippen molar-refractivity contribution in [3.63, 3.8) is 0 Å². The van der Waals surface area contributed by atoms with Crippen molar-refractivity contribution in [2.75, 3.05) is 49.1 Å². The number of pyridine rings is 1. The lowest BCUT2D eigenvalue weighted by Crippen LogP contribution is -2.60. The van der Waals surface area contributed by atoms with Crippen LogP contribution in [0.25, 0.3) is 0 Å². The highest BCUT2D eigenvalue weighted by Gasteiger charge is 2.51. The summed E-state index contributed by atoms with van der Waals surface area (Å²) in [6.45, 7) is 11.8. The zero-order valence-corrected chi connectivity index (χ0v) is 35.2. The third-order valence-corrected chi connectivity index (χ3v) is 11.8. The highest BCUT2D eigenvalue weighted by Crippen LogP contribution is 2.40. The molecular weight excluding hydrogens is 822 g/mol. The van der Waals surface area contributed by atoms with Gasteiger partial charge in [0, 0.05) is 56.2 Å². The van der Waals surface area contributed by atoms with E-state index in [2.05, 4.69) is 15.2 Å². The molecule has 61 heavy (non-hydrogen) atoms. The van der Waals surface area contributed by atoms with Crippen molar-refractivity contribution in [3.05, 3.63) is 82.2 Å². The summed E-state index contributed by atoms with van der Waals surface area (Å²) in [7, 11) is 0. The van der Waals surface area contributed by atoms with Gasteiger partial charge in [-0.25, -0.2) is 13.8 Å². The fraction of sp³-hybridized carbons (Fsp3) is 0.465. The van der Waals surface area contributed by atoms with Gasteiger partial charge < -0.3 is 9.64 Å². The Morgan fingerprint density at radius 2 is 1.79 bits per heavy atom. The van der Waals surface area contributed by atoms with Crippen molar-refractivity contribution >= 4 is 52.2 Å². The second-order valence-corrected chi connectivity index (χ2v) is 17.0. The average Bonchev–Trinajstić information content (AvgIpc) is 3.36. The third-order valence-electron chi connectivity index (χ3n) is 11.5. The molecule has 18 heteroatoms. The summed E-state index contributed by atoms with van der Waals surface area (Å²) in [4.78, 5) is 61.2. The standard InChI is InChI=1S/C43H46F5N7O5S/c1-6-26-18-29(55-40(61)54(39(59)42(55,4)5)30-20-32(43(46,47)48)34(21-49)50-22-30)8-9-35(26)60-14-13-52-11-12-53(41(2,3)24-52)23-31(56)19-28-16-25(17-33(44)37(28)45)15-27-7-10-36(57)51-38(27)58/h8-9,16-18,20,22,27H,6-7,10-15,19,23-24H2,1-5H3,(H,51,57,58). The summed E-state index contributed by atoms with van der Waals surface area (Å²) in [5.74, 6) is -3.81. The van der Waals surface area contributed by atoms with Crippen molar-refractivity contribution in [1.29, 1.82) is 5.26 Å². The first-order valence-corrected chi connectivity index (χ1v) is 20.3. The van der Waals surface area contributed by atoms with Crippen LogP contribution in [-0.2, 0) is 44.6 Å². The molecule has 3 aromatic rings. The lowest BCUT2D eigenvalue weighted by Gasteiger charge is -2.47. The minimum Gasteiger partial charge on any atom is -0.492 e. The number of Topliss-reactive ketones (excluding diaryl/α,β-unsaturated/α-hetero) is 1. The van der Waals surface area contributed by atoms with Crippen LogP contribution < -0.4 is 19.9 Å². The molecule has 3 saturated heterocycles. The first kappa shape index (κ1) is 45.2. The monoisotopic (exact) mass is 867 g/mol. The molecule has 3 fully saturated rings. The quantitative estimate of drug-likeness (QED) is 0.125. The topological polar surface area (TPSA) is 139 Å². The number of ketones is 1. The van der Waals surface area contributed by atoms with Gasteiger partial charge in [-0.15, -0.1) is 0 Å². The summed E-state index contributed by atoms with van der Waals surface area (Å²) in [5, 5.41) is 11.4. The Hall–Kier alpha value is -5.38. The number of halogens is 5. The smallest absolute Gasteiger partial charge is 0.419 e. The SMILES string of the molecule is CCc1cc(N2C(=S)N(c3cnc(C#N)c(C(F)(F)F)c3)C(=O)C2(C)C)ccc1OCCN1CCN(CC(=O)Cc2cc(CC3CCC(=O)NC3=O)cc(F)c2F)C(C)(C)C1. The van der Waals surface area contributed by atoms with Gasteiger partial charge in [0.15, 0.2) is 28.2 Å². The summed E-state index contributed by atoms with van der Waals surface area (Å²) in [6.07, 6.45) is -3.03. The van der Waals surface area contributed by atoms with Crippen molar-refractivity contribution in [2.24, 2.45) is 5.92 Å². The van der Waals surface area contributed by atoms with Crippen LogP contribution in [0.15, 0.2) is 42.6 Å². The molecule has 0 radical (unpaired) electrons. The van der Waals surface area contributed by atoms with Gasteiger partial charge in [-0.2, -0.15) is 18.4 Å². The van der Waals surface area contributed by atoms with Gasteiger partial charge in [0.1, 0.15) is 24.0 Å². The lowest BCUT2D eigenvalue weighted by atomic mass is 9.90. The number of rotatable bonds is 13. The van der Waals surface area contributed by atoms with E-state index in [-0.39, 0.29) is 53.9 Å². The lowest BCUT2D eigenvalue weighted by molar-refractivity contribution is -0.138. The number of piperazine rings is 1. The minimum absolute atomic E-state index is 0.0293. The summed E-state index contributed by atoms with van der Waals surface area (Å²) >= 11 is 5.68. The molecule has 0 bridgehead atoms. The molecule has 1 N–H and O–H groups in total. The number of anilines is 2. The molecule has 1 atom stereocenters. The number of aryl methyl sites for hydroxylation is 1. The second kappa shape index (κ2) is 17.5. The fourth-order valence-corrected chi connectivity index (χ4v) is 8.69. The molecule has 3 amide bonds. The van der Waals surface area contributed by atoms with Gasteiger partial charge in [-0.05, 0) is 106 Å². The number of carbonyl (C=O) groups excluding carboxylic acids is 4. The predicted octanol–water partition coefficient (Wildman–Crippen LogP) is 5.91. The van der Waals surface area contributed by atoms with Crippen LogP contribution in [0.5, 0.6) is 5.75 Å². The number of piperidine rings is 1. The predicted molar refractivity (Wildman–Crippen MR) is 219 cm³/mol. The second-order valence-electron chi connectivity index (χ2n) is 16.6. The van der Waals surface area contributed by atoms with Gasteiger partial charge in [-0.1, -0.05) is 13.0 Å². The van der Waals surface area contributed by atoms with E-state index < -0.39 is 57.9 Å². The number of alkyl halides is 3. The van der Waals surface area contributed by atoms with Crippen LogP contribution in [0.2, 0.25) is 0 Å². The van der Waals surface area contributed by atoms with Gasteiger partial charge in [0.2, 0.25) is 11.8 Å².